The van der Waals surface area contributed by atoms with E-state index in [1.807, 2.05) is 0 Å². The highest BCUT2D eigenvalue weighted by atomic mass is 31.2. The lowest BCUT2D eigenvalue weighted by atomic mass is 10.2. The van der Waals surface area contributed by atoms with Crippen LogP contribution in [0.5, 0.6) is 11.5 Å². The second kappa shape index (κ2) is 5.53. The lowest BCUT2D eigenvalue weighted by molar-refractivity contribution is 0.371. The molecule has 0 heterocycles. The molecule has 2 aromatic carbocycles. The number of hydrogen-bond donors (Lipinski definition) is 2. The summed E-state index contributed by atoms with van der Waals surface area (Å²) in [5.41, 5.74) is 0.320. The molecule has 2 aromatic rings. The Morgan fingerprint density at radius 2 is 1.79 bits per heavy atom. The summed E-state index contributed by atoms with van der Waals surface area (Å²) in [6, 6.07) is 12.4. The molecule has 2 rings (SSSR count). The Kier molecular flexibility index (Phi) is 4.00. The Bertz CT molecular complexity index is 609. The van der Waals surface area contributed by atoms with E-state index in [2.05, 4.69) is 0 Å². The van der Waals surface area contributed by atoms with E-state index < -0.39 is 19.6 Å². The van der Waals surface area contributed by atoms with Crippen LogP contribution in [-0.2, 0) is 10.7 Å². The molecule has 0 amide bonds. The van der Waals surface area contributed by atoms with Crippen LogP contribution >= 0.6 is 7.60 Å². The monoisotopic (exact) mass is 282 g/mol. The summed E-state index contributed by atoms with van der Waals surface area (Å²) in [6.07, 6.45) is -0.446. The average Bonchev–Trinajstić information content (AvgIpc) is 2.33. The molecular weight excluding hydrogens is 270 g/mol. The Balaban J connectivity index is 2.25. The van der Waals surface area contributed by atoms with Crippen LogP contribution in [0, 0.1) is 5.82 Å². The van der Waals surface area contributed by atoms with Crippen molar-refractivity contribution >= 4 is 7.60 Å². The molecule has 4 nitrogen and oxygen atoms in total. The van der Waals surface area contributed by atoms with Crippen LogP contribution in [0.3, 0.4) is 0 Å². The van der Waals surface area contributed by atoms with Gasteiger partial charge in [0.2, 0.25) is 0 Å². The van der Waals surface area contributed by atoms with Gasteiger partial charge in [-0.3, -0.25) is 4.57 Å². The minimum absolute atomic E-state index is 0.0582. The number of para-hydroxylation sites is 1. The summed E-state index contributed by atoms with van der Waals surface area (Å²) in [5, 5.41) is 0. The summed E-state index contributed by atoms with van der Waals surface area (Å²) in [4.78, 5) is 17.8. The lowest BCUT2D eigenvalue weighted by Crippen LogP contribution is -1.92. The summed E-state index contributed by atoms with van der Waals surface area (Å²) >= 11 is 0. The molecule has 0 bridgehead atoms. The quantitative estimate of drug-likeness (QED) is 0.844. The molecule has 19 heavy (non-hydrogen) atoms. The molecule has 6 heteroatoms. The van der Waals surface area contributed by atoms with E-state index in [0.29, 0.717) is 11.3 Å². The van der Waals surface area contributed by atoms with Crippen molar-refractivity contribution in [1.29, 1.82) is 0 Å². The van der Waals surface area contributed by atoms with Gasteiger partial charge in [0.05, 0.1) is 6.16 Å². The molecular formula is C13H12FO4P. The van der Waals surface area contributed by atoms with E-state index in [1.165, 1.54) is 12.1 Å². The minimum atomic E-state index is -4.18. The lowest BCUT2D eigenvalue weighted by Gasteiger charge is -2.09. The van der Waals surface area contributed by atoms with Crippen LogP contribution in [-0.4, -0.2) is 9.79 Å². The third kappa shape index (κ3) is 4.17. The van der Waals surface area contributed by atoms with Crippen LogP contribution in [0.4, 0.5) is 4.39 Å². The average molecular weight is 282 g/mol. The molecule has 0 saturated carbocycles. The Labute approximate surface area is 109 Å². The number of rotatable bonds is 4. The van der Waals surface area contributed by atoms with Crippen molar-refractivity contribution in [3.63, 3.8) is 0 Å². The van der Waals surface area contributed by atoms with Gasteiger partial charge in [-0.2, -0.15) is 0 Å². The summed E-state index contributed by atoms with van der Waals surface area (Å²) < 4.78 is 29.8. The maximum Gasteiger partial charge on any atom is 0.329 e. The first-order chi connectivity index (χ1) is 8.94. The van der Waals surface area contributed by atoms with Gasteiger partial charge in [-0.05, 0) is 29.8 Å². The van der Waals surface area contributed by atoms with E-state index in [9.17, 15) is 8.96 Å². The molecule has 100 valence electrons. The fraction of sp³-hybridized carbons (Fsp3) is 0.0769. The number of ether oxygens (including phenoxy) is 1. The van der Waals surface area contributed by atoms with Gasteiger partial charge in [0.15, 0.2) is 11.6 Å². The molecule has 0 fully saturated rings. The molecule has 0 aliphatic heterocycles. The van der Waals surface area contributed by atoms with Gasteiger partial charge in [-0.15, -0.1) is 0 Å². The first-order valence-corrected chi connectivity index (χ1v) is 7.30. The molecule has 2 N–H and O–H groups in total. The maximum atomic E-state index is 13.6. The van der Waals surface area contributed by atoms with Crippen molar-refractivity contribution in [2.24, 2.45) is 0 Å². The summed E-state index contributed by atoms with van der Waals surface area (Å²) in [6.45, 7) is 0. The van der Waals surface area contributed by atoms with Crippen molar-refractivity contribution in [2.45, 2.75) is 6.16 Å². The fourth-order valence-corrected chi connectivity index (χ4v) is 2.25. The summed E-state index contributed by atoms with van der Waals surface area (Å²) in [7, 11) is -4.18. The Morgan fingerprint density at radius 3 is 2.42 bits per heavy atom. The first-order valence-electron chi connectivity index (χ1n) is 5.50. The zero-order chi connectivity index (χ0) is 13.9. The molecule has 0 spiro atoms. The largest absolute Gasteiger partial charge is 0.454 e. The molecule has 0 atom stereocenters. The van der Waals surface area contributed by atoms with Crippen LogP contribution in [0.15, 0.2) is 48.5 Å². The third-order valence-corrected chi connectivity index (χ3v) is 3.13. The molecule has 0 aliphatic rings. The maximum absolute atomic E-state index is 13.6. The second-order valence-corrected chi connectivity index (χ2v) is 5.65. The standard InChI is InChI=1S/C13H12FO4P/c14-12-7-6-10(9-19(15,16)17)8-13(12)18-11-4-2-1-3-5-11/h1-8H,9H2,(H2,15,16,17). The van der Waals surface area contributed by atoms with Crippen LogP contribution < -0.4 is 4.74 Å². The number of hydrogen-bond acceptors (Lipinski definition) is 2. The minimum Gasteiger partial charge on any atom is -0.454 e. The van der Waals surface area contributed by atoms with E-state index in [0.717, 1.165) is 6.07 Å². The van der Waals surface area contributed by atoms with Gasteiger partial charge in [-0.1, -0.05) is 24.3 Å². The molecule has 0 saturated heterocycles. The van der Waals surface area contributed by atoms with Gasteiger partial charge < -0.3 is 14.5 Å². The van der Waals surface area contributed by atoms with Gasteiger partial charge in [0.25, 0.3) is 0 Å². The zero-order valence-corrected chi connectivity index (χ0v) is 10.8. The van der Waals surface area contributed by atoms with Crippen molar-refractivity contribution in [3.8, 4) is 11.5 Å². The molecule has 0 radical (unpaired) electrons. The van der Waals surface area contributed by atoms with Crippen LogP contribution in [0.1, 0.15) is 5.56 Å². The fourth-order valence-electron chi connectivity index (χ4n) is 1.58. The second-order valence-electron chi connectivity index (χ2n) is 4.00. The van der Waals surface area contributed by atoms with Crippen molar-refractivity contribution in [3.05, 3.63) is 59.9 Å². The Morgan fingerprint density at radius 1 is 1.11 bits per heavy atom. The van der Waals surface area contributed by atoms with E-state index in [-0.39, 0.29) is 5.75 Å². The summed E-state index contributed by atoms with van der Waals surface area (Å²) in [5.74, 6) is -0.190. The van der Waals surface area contributed by atoms with E-state index in [4.69, 9.17) is 14.5 Å². The highest BCUT2D eigenvalue weighted by molar-refractivity contribution is 7.50. The van der Waals surface area contributed by atoms with Crippen molar-refractivity contribution < 1.29 is 23.5 Å². The SMILES string of the molecule is O=P(O)(O)Cc1ccc(F)c(Oc2ccccc2)c1. The Hall–Kier alpha value is -1.68. The van der Waals surface area contributed by atoms with E-state index in [1.54, 1.807) is 30.3 Å². The number of benzene rings is 2. The smallest absolute Gasteiger partial charge is 0.329 e. The predicted molar refractivity (Wildman–Crippen MR) is 68.7 cm³/mol. The molecule has 0 aliphatic carbocycles. The van der Waals surface area contributed by atoms with Crippen LogP contribution in [0.25, 0.3) is 0 Å². The zero-order valence-electron chi connectivity index (χ0n) is 9.86. The van der Waals surface area contributed by atoms with Crippen molar-refractivity contribution in [1.82, 2.24) is 0 Å². The van der Waals surface area contributed by atoms with Crippen LogP contribution in [0.2, 0.25) is 0 Å². The molecule has 0 aromatic heterocycles. The van der Waals surface area contributed by atoms with Gasteiger partial charge >= 0.3 is 7.60 Å². The topological polar surface area (TPSA) is 66.8 Å². The first kappa shape index (κ1) is 13.7. The van der Waals surface area contributed by atoms with Gasteiger partial charge in [-0.25, -0.2) is 4.39 Å². The number of halogens is 1. The van der Waals surface area contributed by atoms with Gasteiger partial charge in [0, 0.05) is 0 Å². The molecule has 0 unspecified atom stereocenters. The van der Waals surface area contributed by atoms with Gasteiger partial charge in [0.1, 0.15) is 5.75 Å². The normalized spacial score (nSPS) is 11.3. The van der Waals surface area contributed by atoms with E-state index >= 15 is 0 Å². The third-order valence-electron chi connectivity index (χ3n) is 2.36. The highest BCUT2D eigenvalue weighted by Crippen LogP contribution is 2.40. The van der Waals surface area contributed by atoms with Crippen molar-refractivity contribution in [2.75, 3.05) is 0 Å². The predicted octanol–water partition coefficient (Wildman–Crippen LogP) is 3.30. The highest BCUT2D eigenvalue weighted by Gasteiger charge is 2.16.